The minimum Gasteiger partial charge on any atom is -0.455 e. The number of amides is 1. The zero-order valence-corrected chi connectivity index (χ0v) is 20.4. The fourth-order valence-corrected chi connectivity index (χ4v) is 4.41. The van der Waals surface area contributed by atoms with Crippen molar-refractivity contribution in [3.8, 4) is 0 Å². The molecule has 9 heteroatoms. The highest BCUT2D eigenvalue weighted by atomic mass is 35.5. The van der Waals surface area contributed by atoms with Gasteiger partial charge in [-0.2, -0.15) is 0 Å². The largest absolute Gasteiger partial charge is 0.455 e. The van der Waals surface area contributed by atoms with Crippen LogP contribution in [-0.2, 0) is 20.9 Å². The van der Waals surface area contributed by atoms with Gasteiger partial charge in [-0.05, 0) is 42.8 Å². The molecule has 0 saturated heterocycles. The number of imidazole rings is 1. The van der Waals surface area contributed by atoms with Gasteiger partial charge in [-0.3, -0.25) is 14.4 Å². The highest BCUT2D eigenvalue weighted by Crippen LogP contribution is 2.27. The molecule has 0 unspecified atom stereocenters. The summed E-state index contributed by atoms with van der Waals surface area (Å²) in [5.41, 5.74) is 3.67. The van der Waals surface area contributed by atoms with Crippen LogP contribution in [0.1, 0.15) is 22.8 Å². The molecule has 35 heavy (non-hydrogen) atoms. The molecule has 0 aliphatic heterocycles. The second kappa shape index (κ2) is 11.2. The number of nitrogens with one attached hydrogen (secondary N) is 1. The van der Waals surface area contributed by atoms with Crippen LogP contribution in [0.25, 0.3) is 11.0 Å². The zero-order chi connectivity index (χ0) is 24.8. The summed E-state index contributed by atoms with van der Waals surface area (Å²) in [7, 11) is 0. The topological polar surface area (TPSA) is 90.3 Å². The van der Waals surface area contributed by atoms with E-state index in [0.717, 1.165) is 16.6 Å². The maximum atomic E-state index is 12.3. The van der Waals surface area contributed by atoms with E-state index < -0.39 is 18.5 Å². The fraction of sp³-hybridized carbons (Fsp3) is 0.154. The molecule has 4 aromatic rings. The maximum absolute atomic E-state index is 12.3. The van der Waals surface area contributed by atoms with Crippen LogP contribution in [0, 0.1) is 0 Å². The molecule has 0 radical (unpaired) electrons. The molecule has 1 heterocycles. The number of ketones is 1. The van der Waals surface area contributed by atoms with Crippen molar-refractivity contribution in [1.82, 2.24) is 9.55 Å². The third kappa shape index (κ3) is 6.49. The Hall–Kier alpha value is -3.62. The lowest BCUT2D eigenvalue weighted by Crippen LogP contribution is -2.21. The van der Waals surface area contributed by atoms with E-state index in [4.69, 9.17) is 16.3 Å². The molecule has 1 amide bonds. The minimum absolute atomic E-state index is 0.0149. The number of carbonyl (C=O) groups excluding carboxylic acids is 3. The van der Waals surface area contributed by atoms with Crippen LogP contribution in [0.4, 0.5) is 5.69 Å². The van der Waals surface area contributed by atoms with Crippen molar-refractivity contribution < 1.29 is 19.1 Å². The fourth-order valence-electron chi connectivity index (χ4n) is 3.43. The smallest absolute Gasteiger partial charge is 0.316 e. The van der Waals surface area contributed by atoms with Gasteiger partial charge in [0.05, 0.1) is 23.3 Å². The molecule has 1 aromatic heterocycles. The van der Waals surface area contributed by atoms with Gasteiger partial charge in [-0.1, -0.05) is 65.8 Å². The molecule has 0 aliphatic rings. The van der Waals surface area contributed by atoms with Crippen LogP contribution >= 0.6 is 23.4 Å². The molecular weight excluding hydrogens is 486 g/mol. The predicted octanol–water partition coefficient (Wildman–Crippen LogP) is 5.21. The molecule has 0 fully saturated rings. The van der Waals surface area contributed by atoms with Crippen LogP contribution in [0.5, 0.6) is 0 Å². The van der Waals surface area contributed by atoms with Crippen LogP contribution in [-0.4, -0.2) is 39.6 Å². The van der Waals surface area contributed by atoms with Crippen molar-refractivity contribution in [2.75, 3.05) is 17.7 Å². The van der Waals surface area contributed by atoms with Crippen LogP contribution in [0.15, 0.2) is 78.0 Å². The highest BCUT2D eigenvalue weighted by molar-refractivity contribution is 7.99. The first-order valence-corrected chi connectivity index (χ1v) is 12.1. The highest BCUT2D eigenvalue weighted by Gasteiger charge is 2.15. The van der Waals surface area contributed by atoms with Crippen molar-refractivity contribution in [1.29, 1.82) is 0 Å². The van der Waals surface area contributed by atoms with E-state index in [1.165, 1.54) is 18.7 Å². The lowest BCUT2D eigenvalue weighted by atomic mass is 10.1. The SMILES string of the molecule is CC(=O)c1cccc(NC(=O)COC(=O)CSc2nc3cc(Cl)ccc3n2Cc2ccccc2)c1. The second-order valence-corrected chi connectivity index (χ2v) is 9.11. The number of ether oxygens (including phenoxy) is 1. The van der Waals surface area contributed by atoms with Gasteiger partial charge >= 0.3 is 5.97 Å². The minimum atomic E-state index is -0.543. The Morgan fingerprint density at radius 1 is 1.03 bits per heavy atom. The summed E-state index contributed by atoms with van der Waals surface area (Å²) in [5.74, 6) is -1.15. The number of aromatic nitrogens is 2. The quantitative estimate of drug-likeness (QED) is 0.190. The molecular formula is C26H22ClN3O4S. The summed E-state index contributed by atoms with van der Waals surface area (Å²) in [5, 5.41) is 3.85. The van der Waals surface area contributed by atoms with Gasteiger partial charge in [0.25, 0.3) is 5.91 Å². The number of halogens is 1. The van der Waals surface area contributed by atoms with Gasteiger partial charge in [0, 0.05) is 16.3 Å². The van der Waals surface area contributed by atoms with Gasteiger partial charge in [-0.15, -0.1) is 0 Å². The first-order chi connectivity index (χ1) is 16.9. The molecule has 4 rings (SSSR count). The summed E-state index contributed by atoms with van der Waals surface area (Å²) in [6.45, 7) is 1.60. The monoisotopic (exact) mass is 507 g/mol. The number of nitrogens with zero attached hydrogens (tertiary/aromatic N) is 2. The van der Waals surface area contributed by atoms with Crippen LogP contribution < -0.4 is 5.32 Å². The van der Waals surface area contributed by atoms with Crippen LogP contribution in [0.2, 0.25) is 5.02 Å². The van der Waals surface area contributed by atoms with E-state index in [2.05, 4.69) is 10.3 Å². The first-order valence-electron chi connectivity index (χ1n) is 10.8. The van der Waals surface area contributed by atoms with Gasteiger partial charge < -0.3 is 14.6 Å². The summed E-state index contributed by atoms with van der Waals surface area (Å²) >= 11 is 7.37. The molecule has 178 valence electrons. The molecule has 7 nitrogen and oxygen atoms in total. The van der Waals surface area contributed by atoms with Crippen LogP contribution in [0.3, 0.4) is 0 Å². The average molecular weight is 508 g/mol. The summed E-state index contributed by atoms with van der Waals surface area (Å²) < 4.78 is 7.15. The molecule has 0 atom stereocenters. The third-order valence-corrected chi connectivity index (χ3v) is 6.28. The van der Waals surface area contributed by atoms with E-state index in [1.54, 1.807) is 36.4 Å². The van der Waals surface area contributed by atoms with Gasteiger partial charge in [-0.25, -0.2) is 4.98 Å². The van der Waals surface area contributed by atoms with Gasteiger partial charge in [0.1, 0.15) is 0 Å². The lowest BCUT2D eigenvalue weighted by Gasteiger charge is -2.10. The Morgan fingerprint density at radius 3 is 2.60 bits per heavy atom. The molecule has 0 spiro atoms. The number of benzene rings is 3. The van der Waals surface area contributed by atoms with Crippen molar-refractivity contribution >= 4 is 57.7 Å². The number of esters is 1. The third-order valence-electron chi connectivity index (χ3n) is 5.09. The summed E-state index contributed by atoms with van der Waals surface area (Å²) in [4.78, 5) is 40.6. The average Bonchev–Trinajstić information content (AvgIpc) is 3.18. The molecule has 3 aromatic carbocycles. The number of fused-ring (bicyclic) bond motifs is 1. The van der Waals surface area contributed by atoms with E-state index >= 15 is 0 Å². The number of hydrogen-bond acceptors (Lipinski definition) is 6. The van der Waals surface area contributed by atoms with Crippen molar-refractivity contribution in [2.45, 2.75) is 18.6 Å². The number of thioether (sulfide) groups is 1. The Labute approximate surface area is 211 Å². The Kier molecular flexibility index (Phi) is 7.84. The lowest BCUT2D eigenvalue weighted by molar-refractivity contribution is -0.144. The molecule has 0 bridgehead atoms. The number of hydrogen-bond donors (Lipinski definition) is 1. The summed E-state index contributed by atoms with van der Waals surface area (Å²) in [6, 6.07) is 22.0. The number of anilines is 1. The predicted molar refractivity (Wildman–Crippen MR) is 137 cm³/mol. The Balaban J connectivity index is 1.37. The number of carbonyl (C=O) groups is 3. The summed E-state index contributed by atoms with van der Waals surface area (Å²) in [6.07, 6.45) is 0. The van der Waals surface area contributed by atoms with Crippen molar-refractivity contribution in [3.05, 3.63) is 88.9 Å². The van der Waals surface area contributed by atoms with E-state index in [9.17, 15) is 14.4 Å². The van der Waals surface area contributed by atoms with E-state index in [1.807, 2.05) is 41.0 Å². The maximum Gasteiger partial charge on any atom is 0.316 e. The number of Topliss-reactive ketones (excluding diaryl/α,β-unsaturated/α-hetero) is 1. The molecule has 0 saturated carbocycles. The molecule has 0 aliphatic carbocycles. The second-order valence-electron chi connectivity index (χ2n) is 7.73. The van der Waals surface area contributed by atoms with Gasteiger partial charge in [0.15, 0.2) is 17.5 Å². The van der Waals surface area contributed by atoms with E-state index in [-0.39, 0.29) is 11.5 Å². The zero-order valence-electron chi connectivity index (χ0n) is 18.9. The van der Waals surface area contributed by atoms with E-state index in [0.29, 0.717) is 28.0 Å². The Bertz CT molecular complexity index is 1390. The van der Waals surface area contributed by atoms with Gasteiger partial charge in [0.2, 0.25) is 0 Å². The molecule has 1 N–H and O–H groups in total. The van der Waals surface area contributed by atoms with Crippen molar-refractivity contribution in [3.63, 3.8) is 0 Å². The standard InChI is InChI=1S/C26H22ClN3O4S/c1-17(31)19-8-5-9-21(12-19)28-24(32)15-34-25(33)16-35-26-29-22-13-20(27)10-11-23(22)30(26)14-18-6-3-2-4-7-18/h2-13H,14-16H2,1H3,(H,28,32). The first kappa shape index (κ1) is 24.5. The normalized spacial score (nSPS) is 10.8. The number of rotatable bonds is 9. The van der Waals surface area contributed by atoms with Crippen molar-refractivity contribution in [2.24, 2.45) is 0 Å². The Morgan fingerprint density at radius 2 is 1.83 bits per heavy atom.